The molecule has 0 aliphatic heterocycles. The summed E-state index contributed by atoms with van der Waals surface area (Å²) >= 11 is 0. The van der Waals surface area contributed by atoms with Crippen molar-refractivity contribution in [2.75, 3.05) is 5.84 Å². The van der Waals surface area contributed by atoms with Gasteiger partial charge in [-0.15, -0.1) is 0 Å². The number of hydrogen-bond acceptors (Lipinski definition) is 1. The highest BCUT2D eigenvalue weighted by Crippen LogP contribution is 2.10. The lowest BCUT2D eigenvalue weighted by molar-refractivity contribution is 0.975. The lowest BCUT2D eigenvalue weighted by Gasteiger charge is -1.97. The molecule has 2 N–H and O–H groups in total. The molecule has 0 saturated heterocycles. The van der Waals surface area contributed by atoms with Crippen molar-refractivity contribution in [3.05, 3.63) is 53.2 Å². The second kappa shape index (κ2) is 4.71. The van der Waals surface area contributed by atoms with E-state index in [-0.39, 0.29) is 0 Å². The molecule has 2 nitrogen and oxygen atoms in total. The number of hydrogen-bond donors (Lipinski definition) is 1. The zero-order valence-electron chi connectivity index (χ0n) is 9.96. The number of aromatic nitrogens is 1. The van der Waals surface area contributed by atoms with Gasteiger partial charge in [-0.3, -0.25) is 4.68 Å². The summed E-state index contributed by atoms with van der Waals surface area (Å²) in [6.45, 7) is 15.7. The third-order valence-corrected chi connectivity index (χ3v) is 2.27. The van der Waals surface area contributed by atoms with Crippen LogP contribution in [0.3, 0.4) is 0 Å². The minimum Gasteiger partial charge on any atom is -0.339 e. The van der Waals surface area contributed by atoms with Crippen molar-refractivity contribution < 1.29 is 0 Å². The molecular weight excluding hydrogens is 196 g/mol. The van der Waals surface area contributed by atoms with Gasteiger partial charge in [0.15, 0.2) is 0 Å². The highest BCUT2D eigenvalue weighted by molar-refractivity contribution is 5.73. The van der Waals surface area contributed by atoms with E-state index in [0.717, 1.165) is 21.7 Å². The number of nitrogens with zero attached hydrogens (tertiary/aromatic N) is 1. The second-order valence-electron chi connectivity index (χ2n) is 3.96. The molecule has 0 radical (unpaired) electrons. The van der Waals surface area contributed by atoms with Crippen LogP contribution in [-0.2, 0) is 0 Å². The van der Waals surface area contributed by atoms with E-state index < -0.39 is 0 Å². The summed E-state index contributed by atoms with van der Waals surface area (Å²) in [5.74, 6) is 5.78. The summed E-state index contributed by atoms with van der Waals surface area (Å²) in [5.41, 5.74) is 3.13. The fraction of sp³-hybridized carbons (Fsp3) is 0.143. The van der Waals surface area contributed by atoms with Crippen LogP contribution in [0, 0.1) is 0 Å². The monoisotopic (exact) mass is 214 g/mol. The first-order valence-corrected chi connectivity index (χ1v) is 5.09. The minimum absolute atomic E-state index is 0.762. The van der Waals surface area contributed by atoms with Crippen molar-refractivity contribution in [1.82, 2.24) is 4.68 Å². The van der Waals surface area contributed by atoms with Crippen LogP contribution in [0.15, 0.2) is 37.1 Å². The highest BCUT2D eigenvalue weighted by Gasteiger charge is 2.03. The molecule has 0 unspecified atom stereocenters. The fourth-order valence-electron chi connectivity index (χ4n) is 1.57. The maximum absolute atomic E-state index is 5.78. The van der Waals surface area contributed by atoms with Crippen LogP contribution < -0.4 is 16.4 Å². The maximum Gasteiger partial charge on any atom is 0.0624 e. The number of nitrogens with two attached hydrogens (primary N) is 1. The zero-order chi connectivity index (χ0) is 12.3. The Morgan fingerprint density at radius 2 is 2.06 bits per heavy atom. The van der Waals surface area contributed by atoms with Gasteiger partial charge in [0.05, 0.1) is 5.35 Å². The van der Waals surface area contributed by atoms with E-state index in [0.29, 0.717) is 0 Å². The van der Waals surface area contributed by atoms with Crippen LogP contribution in [0.2, 0.25) is 0 Å². The smallest absolute Gasteiger partial charge is 0.0624 e. The van der Waals surface area contributed by atoms with Gasteiger partial charge < -0.3 is 5.84 Å². The number of allylic oxidation sites excluding steroid dienone is 4. The molecule has 1 aromatic rings. The van der Waals surface area contributed by atoms with Crippen molar-refractivity contribution in [2.24, 2.45) is 0 Å². The number of nitrogen functional groups attached to an aromatic ring is 1. The Hall–Kier alpha value is -1.96. The quantitative estimate of drug-likeness (QED) is 0.601. The Kier molecular flexibility index (Phi) is 3.56. The molecule has 0 bridgehead atoms. The van der Waals surface area contributed by atoms with E-state index in [1.165, 1.54) is 10.2 Å². The molecule has 0 amide bonds. The van der Waals surface area contributed by atoms with Gasteiger partial charge in [0, 0.05) is 17.0 Å². The SMILES string of the molecule is C=C/C=c1/c(C(=C)C=C(C)C)cn(N)c1=C. The third-order valence-electron chi connectivity index (χ3n) is 2.27. The van der Waals surface area contributed by atoms with Gasteiger partial charge in [-0.2, -0.15) is 0 Å². The Balaban J connectivity index is 3.47. The Labute approximate surface area is 96.4 Å². The van der Waals surface area contributed by atoms with Crippen LogP contribution in [0.4, 0.5) is 0 Å². The Morgan fingerprint density at radius 3 is 2.56 bits per heavy atom. The molecule has 16 heavy (non-hydrogen) atoms. The van der Waals surface area contributed by atoms with Crippen LogP contribution in [0.1, 0.15) is 19.4 Å². The van der Waals surface area contributed by atoms with Crippen molar-refractivity contribution in [3.63, 3.8) is 0 Å². The number of rotatable bonds is 3. The molecule has 0 aliphatic rings. The van der Waals surface area contributed by atoms with Gasteiger partial charge in [-0.05, 0) is 19.4 Å². The predicted octanol–water partition coefficient (Wildman–Crippen LogP) is 1.56. The molecule has 84 valence electrons. The predicted molar refractivity (Wildman–Crippen MR) is 72.5 cm³/mol. The van der Waals surface area contributed by atoms with Gasteiger partial charge in [0.25, 0.3) is 0 Å². The van der Waals surface area contributed by atoms with Crippen LogP contribution in [-0.4, -0.2) is 4.68 Å². The van der Waals surface area contributed by atoms with E-state index >= 15 is 0 Å². The van der Waals surface area contributed by atoms with Gasteiger partial charge in [-0.1, -0.05) is 43.5 Å². The van der Waals surface area contributed by atoms with Gasteiger partial charge >= 0.3 is 0 Å². The van der Waals surface area contributed by atoms with Crippen molar-refractivity contribution in [1.29, 1.82) is 0 Å². The topological polar surface area (TPSA) is 30.9 Å². The summed E-state index contributed by atoms with van der Waals surface area (Å²) in [5, 5.41) is 1.73. The van der Waals surface area contributed by atoms with Crippen molar-refractivity contribution >= 4 is 18.2 Å². The first-order chi connectivity index (χ1) is 7.47. The van der Waals surface area contributed by atoms with E-state index in [2.05, 4.69) is 19.7 Å². The van der Waals surface area contributed by atoms with Crippen molar-refractivity contribution in [3.8, 4) is 0 Å². The third kappa shape index (κ3) is 2.34. The van der Waals surface area contributed by atoms with Crippen molar-refractivity contribution in [2.45, 2.75) is 13.8 Å². The molecule has 0 aromatic carbocycles. The molecule has 0 saturated carbocycles. The van der Waals surface area contributed by atoms with E-state index in [1.54, 1.807) is 6.08 Å². The van der Waals surface area contributed by atoms with E-state index in [4.69, 9.17) is 5.84 Å². The molecule has 0 aliphatic carbocycles. The minimum atomic E-state index is 0.762. The summed E-state index contributed by atoms with van der Waals surface area (Å²) in [4.78, 5) is 0. The first-order valence-electron chi connectivity index (χ1n) is 5.09. The fourth-order valence-corrected chi connectivity index (χ4v) is 1.57. The second-order valence-corrected chi connectivity index (χ2v) is 3.96. The largest absolute Gasteiger partial charge is 0.339 e. The molecule has 1 heterocycles. The molecule has 2 heteroatoms. The molecule has 0 spiro atoms. The highest BCUT2D eigenvalue weighted by atomic mass is 15.3. The zero-order valence-corrected chi connectivity index (χ0v) is 9.96. The maximum atomic E-state index is 5.78. The molecular formula is C14H18N2. The summed E-state index contributed by atoms with van der Waals surface area (Å²) < 4.78 is 1.51. The van der Waals surface area contributed by atoms with Crippen LogP contribution in [0.25, 0.3) is 18.2 Å². The summed E-state index contributed by atoms with van der Waals surface area (Å²) in [7, 11) is 0. The van der Waals surface area contributed by atoms with Crippen LogP contribution in [0.5, 0.6) is 0 Å². The van der Waals surface area contributed by atoms with Gasteiger partial charge in [0.2, 0.25) is 0 Å². The molecule has 0 atom stereocenters. The molecule has 1 rings (SSSR count). The lowest BCUT2D eigenvalue weighted by atomic mass is 10.1. The molecule has 0 fully saturated rings. The Bertz CT molecular complexity index is 552. The Morgan fingerprint density at radius 1 is 1.44 bits per heavy atom. The van der Waals surface area contributed by atoms with E-state index in [9.17, 15) is 0 Å². The standard InChI is InChI=1S/C14H18N2/c1-6-7-13-12(5)16(15)9-14(13)11(4)8-10(2)3/h6-9H,1,4-5,15H2,2-3H3/b13-7+. The van der Waals surface area contributed by atoms with Gasteiger partial charge in [0.1, 0.15) is 0 Å². The normalized spacial score (nSPS) is 11.2. The van der Waals surface area contributed by atoms with Gasteiger partial charge in [-0.25, -0.2) is 0 Å². The van der Waals surface area contributed by atoms with E-state index in [1.807, 2.05) is 32.2 Å². The summed E-state index contributed by atoms with van der Waals surface area (Å²) in [6, 6.07) is 0. The first kappa shape index (κ1) is 12.1. The summed E-state index contributed by atoms with van der Waals surface area (Å²) in [6.07, 6.45) is 7.48. The average Bonchev–Trinajstić information content (AvgIpc) is 2.45. The lowest BCUT2D eigenvalue weighted by Crippen LogP contribution is -2.32. The average molecular weight is 214 g/mol. The van der Waals surface area contributed by atoms with Crippen LogP contribution >= 0.6 is 0 Å². The molecule has 1 aromatic heterocycles.